The van der Waals surface area contributed by atoms with Crippen molar-refractivity contribution in [2.75, 3.05) is 94.3 Å². The summed E-state index contributed by atoms with van der Waals surface area (Å²) in [7, 11) is -13.9. The third-order valence-electron chi connectivity index (χ3n) is 13.4. The van der Waals surface area contributed by atoms with Crippen molar-refractivity contribution in [2.45, 2.75) is 46.1 Å². The minimum Gasteiger partial charge on any atom is -0.445 e. The Labute approximate surface area is 654 Å². The summed E-state index contributed by atoms with van der Waals surface area (Å²) in [5.41, 5.74) is 3.68. The maximum absolute atomic E-state index is 12.6. The number of non-ortho nitro benzene ring substituents is 1. The number of hydrogen-bond acceptors (Lipinski definition) is 31. The Morgan fingerprint density at radius 3 is 1.09 bits per heavy atom. The quantitative estimate of drug-likeness (QED) is 0.00356. The van der Waals surface area contributed by atoms with Gasteiger partial charge in [0.05, 0.1) is 23.6 Å². The number of alkyl halides is 1. The summed E-state index contributed by atoms with van der Waals surface area (Å²) in [4.78, 5) is 65.8. The number of likely N-dealkylation sites (N-methyl/N-ethyl adjacent to an activating group) is 3. The number of nitrogens with one attached hydrogen (secondary N) is 1. The molecule has 7 aromatic carbocycles. The third-order valence-corrected chi connectivity index (χ3v) is 15.6. The Morgan fingerprint density at radius 2 is 0.761 bits per heavy atom. The van der Waals surface area contributed by atoms with Gasteiger partial charge in [0.15, 0.2) is 0 Å². The van der Waals surface area contributed by atoms with Crippen molar-refractivity contribution < 1.29 is 140 Å². The highest BCUT2D eigenvalue weighted by molar-refractivity contribution is 7.82. The van der Waals surface area contributed by atoms with E-state index in [4.69, 9.17) is 45.1 Å². The van der Waals surface area contributed by atoms with E-state index in [-0.39, 0.29) is 92.1 Å². The van der Waals surface area contributed by atoms with E-state index >= 15 is 0 Å². The van der Waals surface area contributed by atoms with Gasteiger partial charge >= 0.3 is 77.0 Å². The number of rotatable bonds is 35. The minimum atomic E-state index is -5.11. The average Bonchev–Trinajstić information content (AvgIpc) is 0.899. The first kappa shape index (κ1) is 96.7. The van der Waals surface area contributed by atoms with Crippen molar-refractivity contribution in [3.05, 3.63) is 219 Å². The number of aliphatic hydroxyl groups excluding tert-OH is 1. The Bertz CT molecular complexity index is 4690. The zero-order chi connectivity index (χ0) is 84.5. The third kappa shape index (κ3) is 46.2. The summed E-state index contributed by atoms with van der Waals surface area (Å²) >= 11 is 5.71. The van der Waals surface area contributed by atoms with E-state index < -0.39 is 81.9 Å². The fourth-order valence-electron chi connectivity index (χ4n) is 7.82. The Kier molecular flexibility index (Phi) is 41.5. The number of hydrogen-bond donors (Lipinski definition) is 2. The smallest absolute Gasteiger partial charge is 0.445 e. The van der Waals surface area contributed by atoms with Crippen LogP contribution >= 0.6 is 11.6 Å². The van der Waals surface area contributed by atoms with Crippen molar-refractivity contribution in [3.8, 4) is 34.5 Å². The van der Waals surface area contributed by atoms with Gasteiger partial charge < -0.3 is 74.5 Å². The SMILES string of the molecule is CC(OCN(CCN(C)C)C(=O)OCc1ccc(OS(=O)(=O)F)cc1)c1ccccc1.CN(C)CCN(CCl)C(=O)OCc1ccc(OS(=O)(=O)F)cc1.CN(C)CCNC(=O)OCc1ccc(OS(=O)(=O)F)cc1.O=C(OCc1ccc(OS(=O)(=O)F)cc1)Oc1ccc([N+](=O)[O-])cc1.O=S(=O)(F)Oc1ccc(CO)cc1. The van der Waals surface area contributed by atoms with Crippen LogP contribution in [0.2, 0.25) is 0 Å². The van der Waals surface area contributed by atoms with E-state index in [9.17, 15) is 90.8 Å². The molecule has 0 aliphatic carbocycles. The number of carbonyl (C=O) groups is 4. The van der Waals surface area contributed by atoms with Crippen LogP contribution in [-0.4, -0.2) is 195 Å². The van der Waals surface area contributed by atoms with E-state index in [1.165, 1.54) is 155 Å². The van der Waals surface area contributed by atoms with Crippen LogP contribution < -0.4 is 31.0 Å². The lowest BCUT2D eigenvalue weighted by Crippen LogP contribution is -2.38. The number of amides is 3. The minimum absolute atomic E-state index is 0.00775. The molecule has 35 nitrogen and oxygen atoms in total. The van der Waals surface area contributed by atoms with Gasteiger partial charge in [0, 0.05) is 51.4 Å². The lowest BCUT2D eigenvalue weighted by Gasteiger charge is -2.25. The summed E-state index contributed by atoms with van der Waals surface area (Å²) in [5.74, 6) is -0.798. The first-order valence-electron chi connectivity index (χ1n) is 32.1. The van der Waals surface area contributed by atoms with E-state index in [0.717, 1.165) is 5.56 Å². The first-order valence-corrected chi connectivity index (χ1v) is 39.2. The van der Waals surface area contributed by atoms with Crippen LogP contribution in [0.25, 0.3) is 0 Å². The molecular weight excluding hydrogens is 1640 g/mol. The number of nitro benzene ring substituents is 1. The number of alkyl carbamates (subject to hydrolysis) is 1. The van der Waals surface area contributed by atoms with Crippen molar-refractivity contribution in [2.24, 2.45) is 0 Å². The number of ether oxygens (including phenoxy) is 6. The molecule has 0 fully saturated rings. The number of nitrogens with zero attached hydrogens (tertiary/aromatic N) is 6. The van der Waals surface area contributed by atoms with Gasteiger partial charge in [-0.15, -0.1) is 11.6 Å². The normalized spacial score (nSPS) is 11.5. The number of nitro groups is 1. The molecule has 1 unspecified atom stereocenters. The van der Waals surface area contributed by atoms with Crippen molar-refractivity contribution >= 4 is 94.2 Å². The zero-order valence-corrected chi connectivity index (χ0v) is 65.8. The highest BCUT2D eigenvalue weighted by Gasteiger charge is 2.21. The number of halogens is 6. The highest BCUT2D eigenvalue weighted by atomic mass is 35.5. The van der Waals surface area contributed by atoms with Crippen LogP contribution in [0, 0.1) is 10.1 Å². The van der Waals surface area contributed by atoms with Crippen LogP contribution in [0.1, 0.15) is 46.4 Å². The molecular formula is C67H79ClF5N7O28S5. The van der Waals surface area contributed by atoms with Crippen molar-refractivity contribution in [3.63, 3.8) is 0 Å². The van der Waals surface area contributed by atoms with Gasteiger partial charge in [-0.05, 0) is 155 Å². The monoisotopic (exact) mass is 1720 g/mol. The Hall–Kier alpha value is -10.5. The van der Waals surface area contributed by atoms with Crippen LogP contribution in [0.4, 0.5) is 44.3 Å². The molecule has 0 aliphatic rings. The maximum Gasteiger partial charge on any atom is 0.514 e. The van der Waals surface area contributed by atoms with Crippen molar-refractivity contribution in [1.29, 1.82) is 0 Å². The van der Waals surface area contributed by atoms with Gasteiger partial charge in [-0.2, -0.15) is 42.1 Å². The molecule has 1 atom stereocenters. The van der Waals surface area contributed by atoms with Crippen LogP contribution in [0.15, 0.2) is 176 Å². The summed E-state index contributed by atoms with van der Waals surface area (Å²) in [6.45, 7) is 4.80. The van der Waals surface area contributed by atoms with Crippen LogP contribution in [0.3, 0.4) is 0 Å². The topological polar surface area (TPSA) is 432 Å². The molecule has 0 aliphatic heterocycles. The molecule has 0 spiro atoms. The predicted molar refractivity (Wildman–Crippen MR) is 394 cm³/mol. The van der Waals surface area contributed by atoms with Gasteiger partial charge in [-0.1, -0.05) is 110 Å². The molecule has 113 heavy (non-hydrogen) atoms. The fourth-order valence-corrected chi connectivity index (χ4v) is 9.74. The number of carbonyl (C=O) groups excluding carboxylic acids is 4. The molecule has 0 saturated heterocycles. The predicted octanol–water partition coefficient (Wildman–Crippen LogP) is 10.2. The van der Waals surface area contributed by atoms with E-state index in [1.807, 2.05) is 94.2 Å². The fraction of sp³-hybridized carbons (Fsp3) is 0.313. The van der Waals surface area contributed by atoms with Crippen LogP contribution in [-0.2, 0) is 109 Å². The van der Waals surface area contributed by atoms with Gasteiger partial charge in [0.25, 0.3) is 5.69 Å². The Morgan fingerprint density at radius 1 is 0.442 bits per heavy atom. The second kappa shape index (κ2) is 48.4. The molecule has 0 saturated carbocycles. The standard InChI is InChI=1S/C21H27FN2O6S.C14H10FNO8S.C13H18ClFN2O5S.C12H17FN2O5S.C7H7FO4S/c1-17(19-7-5-4-6-8-19)29-16-24(14-13-23(2)3)21(25)28-15-18-9-11-20(12-10-18)30-31(22,26)27;15-25(20,21)24-13-5-1-10(2-6-13)9-22-14(17)23-12-7-3-11(4-8-12)16(18)19;1-16(2)7-8-17(10-14)13(18)21-9-11-3-5-12(6-4-11)22-23(15,19)20;1-15(2)8-7-14-12(16)19-9-10-3-5-11(6-4-10)20-21(13,17)18;8-13(10,11)12-7-3-1-6(5-9)2-4-7/h4-12,17H,13-16H2,1-3H3;1-8H,9H2;3-6H,7-10H2,1-2H3;3-6H,7-9H2,1-2H3,(H,14,16);1-4,9H,5H2. The average molecular weight is 1720 g/mol. The molecule has 7 aromatic rings. The van der Waals surface area contributed by atoms with Crippen LogP contribution in [0.5, 0.6) is 34.5 Å². The number of aliphatic hydroxyl groups is 1. The lowest BCUT2D eigenvalue weighted by atomic mass is 10.1. The first-order chi connectivity index (χ1) is 52.8. The summed E-state index contributed by atoms with van der Waals surface area (Å²) < 4.78 is 215. The molecule has 0 radical (unpaired) electrons. The van der Waals surface area contributed by atoms with Gasteiger partial charge in [-0.3, -0.25) is 19.9 Å². The van der Waals surface area contributed by atoms with Gasteiger partial charge in [0.2, 0.25) is 0 Å². The van der Waals surface area contributed by atoms with Gasteiger partial charge in [0.1, 0.15) is 67.7 Å². The molecule has 0 bridgehead atoms. The molecule has 0 heterocycles. The molecule has 7 rings (SSSR count). The molecule has 3 amide bonds. The molecule has 622 valence electrons. The van der Waals surface area contributed by atoms with Gasteiger partial charge in [-0.25, -0.2) is 19.2 Å². The lowest BCUT2D eigenvalue weighted by molar-refractivity contribution is -0.384. The number of benzene rings is 7. The second-order valence-electron chi connectivity index (χ2n) is 23.2. The van der Waals surface area contributed by atoms with E-state index in [0.29, 0.717) is 67.1 Å². The largest absolute Gasteiger partial charge is 0.514 e. The molecule has 46 heteroatoms. The summed E-state index contributed by atoms with van der Waals surface area (Å²) in [6, 6.07) is 41.3. The van der Waals surface area contributed by atoms with Crippen molar-refractivity contribution in [1.82, 2.24) is 29.8 Å². The van der Waals surface area contributed by atoms with E-state index in [2.05, 4.69) is 26.2 Å². The second-order valence-corrected chi connectivity index (χ2v) is 28.2. The Balaban J connectivity index is 0.000000374. The zero-order valence-electron chi connectivity index (χ0n) is 61.0. The molecule has 2 N–H and O–H groups in total. The van der Waals surface area contributed by atoms with E-state index in [1.54, 1.807) is 0 Å². The maximum atomic E-state index is 12.6. The summed E-state index contributed by atoms with van der Waals surface area (Å²) in [6.07, 6.45) is -2.90. The summed E-state index contributed by atoms with van der Waals surface area (Å²) in [5, 5.41) is 21.7. The highest BCUT2D eigenvalue weighted by Crippen LogP contribution is 2.23. The molecule has 0 aromatic heterocycles.